The van der Waals surface area contributed by atoms with E-state index in [2.05, 4.69) is 43.2 Å². The minimum absolute atomic E-state index is 0.0371. The Hall–Kier alpha value is -0.900. The molecular formula is C10H19N3O. The maximum absolute atomic E-state index is 5.16. The lowest BCUT2D eigenvalue weighted by Crippen LogP contribution is -2.23. The monoisotopic (exact) mass is 197 g/mol. The van der Waals surface area contributed by atoms with Crippen LogP contribution in [0.2, 0.25) is 0 Å². The Morgan fingerprint density at radius 1 is 1.43 bits per heavy atom. The van der Waals surface area contributed by atoms with Crippen LogP contribution in [0, 0.1) is 0 Å². The van der Waals surface area contributed by atoms with E-state index in [1.807, 2.05) is 7.05 Å². The van der Waals surface area contributed by atoms with Crippen LogP contribution in [0.25, 0.3) is 0 Å². The van der Waals surface area contributed by atoms with E-state index in [1.165, 1.54) is 0 Å². The third-order valence-corrected chi connectivity index (χ3v) is 2.11. The molecule has 1 aromatic rings. The first kappa shape index (κ1) is 11.2. The van der Waals surface area contributed by atoms with E-state index in [4.69, 9.17) is 4.52 Å². The molecule has 4 heteroatoms. The molecule has 1 rings (SSSR count). The number of nitrogens with zero attached hydrogens (tertiary/aromatic N) is 2. The van der Waals surface area contributed by atoms with E-state index in [0.717, 1.165) is 12.2 Å². The molecule has 0 saturated heterocycles. The average molecular weight is 197 g/mol. The molecule has 0 aliphatic carbocycles. The van der Waals surface area contributed by atoms with Crippen LogP contribution in [0.15, 0.2) is 4.52 Å². The summed E-state index contributed by atoms with van der Waals surface area (Å²) >= 11 is 0. The van der Waals surface area contributed by atoms with Crippen LogP contribution in [0.5, 0.6) is 0 Å². The highest BCUT2D eigenvalue weighted by Gasteiger charge is 2.21. The summed E-state index contributed by atoms with van der Waals surface area (Å²) in [6.45, 7) is 8.30. The van der Waals surface area contributed by atoms with Crippen molar-refractivity contribution in [3.8, 4) is 0 Å². The summed E-state index contributed by atoms with van der Waals surface area (Å²) in [6, 6.07) is 0.364. The van der Waals surface area contributed by atoms with Gasteiger partial charge in [-0.15, -0.1) is 0 Å². The summed E-state index contributed by atoms with van der Waals surface area (Å²) in [5, 5.41) is 7.09. The SMILES string of the molecule is CNC(C)Cc1nc(C(C)(C)C)no1. The maximum Gasteiger partial charge on any atom is 0.228 e. The third-order valence-electron chi connectivity index (χ3n) is 2.11. The largest absolute Gasteiger partial charge is 0.339 e. The average Bonchev–Trinajstić information content (AvgIpc) is 2.51. The summed E-state index contributed by atoms with van der Waals surface area (Å²) in [5.74, 6) is 1.48. The molecule has 1 unspecified atom stereocenters. The standard InChI is InChI=1S/C10H19N3O/c1-7(11-5)6-8-12-9(13-14-8)10(2,3)4/h7,11H,6H2,1-5H3. The van der Waals surface area contributed by atoms with E-state index < -0.39 is 0 Å². The highest BCUT2D eigenvalue weighted by Crippen LogP contribution is 2.18. The first-order valence-electron chi connectivity index (χ1n) is 4.94. The third kappa shape index (κ3) is 2.80. The van der Waals surface area contributed by atoms with Crippen LogP contribution < -0.4 is 5.32 Å². The van der Waals surface area contributed by atoms with Gasteiger partial charge < -0.3 is 9.84 Å². The molecule has 1 heterocycles. The quantitative estimate of drug-likeness (QED) is 0.798. The Bertz CT molecular complexity index is 288. The van der Waals surface area contributed by atoms with Crippen LogP contribution in [0.4, 0.5) is 0 Å². The normalized spacial score (nSPS) is 14.4. The van der Waals surface area contributed by atoms with Crippen LogP contribution in [0.1, 0.15) is 39.4 Å². The molecule has 4 nitrogen and oxygen atoms in total. The minimum Gasteiger partial charge on any atom is -0.339 e. The van der Waals surface area contributed by atoms with Crippen molar-refractivity contribution in [2.75, 3.05) is 7.05 Å². The predicted molar refractivity (Wildman–Crippen MR) is 55.2 cm³/mol. The van der Waals surface area contributed by atoms with Crippen molar-refractivity contribution in [1.82, 2.24) is 15.5 Å². The molecule has 1 N–H and O–H groups in total. The van der Waals surface area contributed by atoms with E-state index in [0.29, 0.717) is 11.9 Å². The molecule has 0 aromatic carbocycles. The molecule has 0 radical (unpaired) electrons. The topological polar surface area (TPSA) is 51.0 Å². The number of rotatable bonds is 3. The van der Waals surface area contributed by atoms with Crippen LogP contribution in [-0.2, 0) is 11.8 Å². The molecule has 1 atom stereocenters. The van der Waals surface area contributed by atoms with Gasteiger partial charge >= 0.3 is 0 Å². The predicted octanol–water partition coefficient (Wildman–Crippen LogP) is 1.52. The summed E-state index contributed by atoms with van der Waals surface area (Å²) in [6.07, 6.45) is 0.777. The second-order valence-electron chi connectivity index (χ2n) is 4.66. The molecule has 0 aliphatic rings. The van der Waals surface area contributed by atoms with E-state index in [9.17, 15) is 0 Å². The smallest absolute Gasteiger partial charge is 0.228 e. The number of hydrogen-bond donors (Lipinski definition) is 1. The summed E-state index contributed by atoms with van der Waals surface area (Å²) in [7, 11) is 1.92. The minimum atomic E-state index is -0.0371. The molecule has 80 valence electrons. The van der Waals surface area contributed by atoms with Crippen LogP contribution in [-0.4, -0.2) is 23.2 Å². The van der Waals surface area contributed by atoms with Gasteiger partial charge in [0.15, 0.2) is 5.82 Å². The summed E-state index contributed by atoms with van der Waals surface area (Å²) in [4.78, 5) is 4.35. The van der Waals surface area contributed by atoms with Gasteiger partial charge in [-0.05, 0) is 14.0 Å². The maximum atomic E-state index is 5.16. The lowest BCUT2D eigenvalue weighted by molar-refractivity contribution is 0.353. The Balaban J connectivity index is 2.69. The number of aromatic nitrogens is 2. The zero-order chi connectivity index (χ0) is 10.8. The van der Waals surface area contributed by atoms with Crippen LogP contribution in [0.3, 0.4) is 0 Å². The van der Waals surface area contributed by atoms with E-state index >= 15 is 0 Å². The molecule has 0 fully saturated rings. The lowest BCUT2D eigenvalue weighted by atomic mass is 9.96. The van der Waals surface area contributed by atoms with Gasteiger partial charge in [0.2, 0.25) is 5.89 Å². The second kappa shape index (κ2) is 4.09. The molecule has 0 bridgehead atoms. The van der Waals surface area contributed by atoms with E-state index in [1.54, 1.807) is 0 Å². The molecule has 1 aromatic heterocycles. The molecule has 0 spiro atoms. The zero-order valence-electron chi connectivity index (χ0n) is 9.59. The van der Waals surface area contributed by atoms with Gasteiger partial charge in [0.25, 0.3) is 0 Å². The fourth-order valence-corrected chi connectivity index (χ4v) is 1.01. The van der Waals surface area contributed by atoms with Gasteiger partial charge in [-0.25, -0.2) is 0 Å². The Kier molecular flexibility index (Phi) is 3.26. The summed E-state index contributed by atoms with van der Waals surface area (Å²) in [5.41, 5.74) is -0.0371. The van der Waals surface area contributed by atoms with Crippen molar-refractivity contribution in [1.29, 1.82) is 0 Å². The van der Waals surface area contributed by atoms with Crippen LogP contribution >= 0.6 is 0 Å². The number of likely N-dealkylation sites (N-methyl/N-ethyl adjacent to an activating group) is 1. The van der Waals surface area contributed by atoms with Crippen molar-refractivity contribution in [2.24, 2.45) is 0 Å². The fourth-order valence-electron chi connectivity index (χ4n) is 1.01. The van der Waals surface area contributed by atoms with Gasteiger partial charge in [-0.2, -0.15) is 4.98 Å². The van der Waals surface area contributed by atoms with Gasteiger partial charge in [-0.3, -0.25) is 0 Å². The zero-order valence-corrected chi connectivity index (χ0v) is 9.59. The fraction of sp³-hybridized carbons (Fsp3) is 0.800. The van der Waals surface area contributed by atoms with Gasteiger partial charge in [0.1, 0.15) is 0 Å². The van der Waals surface area contributed by atoms with Crippen molar-refractivity contribution >= 4 is 0 Å². The molecule has 14 heavy (non-hydrogen) atoms. The summed E-state index contributed by atoms with van der Waals surface area (Å²) < 4.78 is 5.16. The highest BCUT2D eigenvalue weighted by molar-refractivity contribution is 5.00. The Labute approximate surface area is 85.1 Å². The van der Waals surface area contributed by atoms with Gasteiger partial charge in [0.05, 0.1) is 0 Å². The number of hydrogen-bond acceptors (Lipinski definition) is 4. The number of nitrogens with one attached hydrogen (secondary N) is 1. The lowest BCUT2D eigenvalue weighted by Gasteiger charge is -2.11. The van der Waals surface area contributed by atoms with E-state index in [-0.39, 0.29) is 5.41 Å². The van der Waals surface area contributed by atoms with Gasteiger partial charge in [0, 0.05) is 17.9 Å². The second-order valence-corrected chi connectivity index (χ2v) is 4.66. The first-order chi connectivity index (χ1) is 6.43. The molecule has 0 saturated carbocycles. The Morgan fingerprint density at radius 3 is 2.50 bits per heavy atom. The van der Waals surface area contributed by atoms with Crippen molar-refractivity contribution in [2.45, 2.75) is 45.6 Å². The first-order valence-corrected chi connectivity index (χ1v) is 4.94. The molecule has 0 amide bonds. The highest BCUT2D eigenvalue weighted by atomic mass is 16.5. The van der Waals surface area contributed by atoms with Crippen molar-refractivity contribution in [3.05, 3.63) is 11.7 Å². The molecular weight excluding hydrogens is 178 g/mol. The molecule has 0 aliphatic heterocycles. The Morgan fingerprint density at radius 2 is 2.07 bits per heavy atom. The van der Waals surface area contributed by atoms with Gasteiger partial charge in [-0.1, -0.05) is 25.9 Å². The van der Waals surface area contributed by atoms with Crippen molar-refractivity contribution in [3.63, 3.8) is 0 Å². The van der Waals surface area contributed by atoms with Crippen molar-refractivity contribution < 1.29 is 4.52 Å².